The van der Waals surface area contributed by atoms with Crippen LogP contribution in [0.15, 0.2) is 47.4 Å². The molecule has 0 fully saturated rings. The zero-order chi connectivity index (χ0) is 14.2. The summed E-state index contributed by atoms with van der Waals surface area (Å²) in [5.41, 5.74) is 2.56. The van der Waals surface area contributed by atoms with E-state index in [9.17, 15) is 8.42 Å². The minimum absolute atomic E-state index is 0.188. The normalized spacial score (nSPS) is 11.7. The van der Waals surface area contributed by atoms with Gasteiger partial charge in [-0.2, -0.15) is 0 Å². The molecule has 0 atom stereocenters. The van der Waals surface area contributed by atoms with E-state index in [4.69, 9.17) is 0 Å². The van der Waals surface area contributed by atoms with Gasteiger partial charge in [0, 0.05) is 0 Å². The molecule has 0 radical (unpaired) electrons. The SMILES string of the molecule is Cc1ccccc1S(=O)(=O)Nc1cccc2n[se]nc12. The van der Waals surface area contributed by atoms with E-state index in [0.29, 0.717) is 16.8 Å². The average molecular weight is 352 g/mol. The van der Waals surface area contributed by atoms with Crippen molar-refractivity contribution in [3.05, 3.63) is 48.0 Å². The second-order valence-electron chi connectivity index (χ2n) is 4.31. The van der Waals surface area contributed by atoms with Crippen LogP contribution in [0.1, 0.15) is 5.56 Å². The first kappa shape index (κ1) is 13.3. The third-order valence-electron chi connectivity index (χ3n) is 2.91. The van der Waals surface area contributed by atoms with Crippen molar-refractivity contribution in [3.8, 4) is 0 Å². The molecule has 2 aromatic carbocycles. The van der Waals surface area contributed by atoms with E-state index in [1.165, 1.54) is 0 Å². The van der Waals surface area contributed by atoms with Gasteiger partial charge in [0.15, 0.2) is 0 Å². The van der Waals surface area contributed by atoms with Gasteiger partial charge in [0.05, 0.1) is 0 Å². The van der Waals surface area contributed by atoms with Crippen LogP contribution in [0, 0.1) is 6.92 Å². The summed E-state index contributed by atoms with van der Waals surface area (Å²) in [4.78, 5) is 0.276. The Kier molecular flexibility index (Phi) is 3.33. The number of nitrogens with one attached hydrogen (secondary N) is 1. The van der Waals surface area contributed by atoms with Crippen molar-refractivity contribution in [2.45, 2.75) is 11.8 Å². The van der Waals surface area contributed by atoms with E-state index < -0.39 is 10.0 Å². The molecule has 0 aliphatic carbocycles. The summed E-state index contributed by atoms with van der Waals surface area (Å²) in [5, 5.41) is 0. The molecule has 3 rings (SSSR count). The Morgan fingerprint density at radius 2 is 1.85 bits per heavy atom. The van der Waals surface area contributed by atoms with Gasteiger partial charge in [-0.3, -0.25) is 0 Å². The van der Waals surface area contributed by atoms with Crippen molar-refractivity contribution in [1.82, 2.24) is 7.96 Å². The van der Waals surface area contributed by atoms with Crippen molar-refractivity contribution in [3.63, 3.8) is 0 Å². The van der Waals surface area contributed by atoms with Crippen LogP contribution in [0.4, 0.5) is 5.69 Å². The van der Waals surface area contributed by atoms with Gasteiger partial charge in [0.1, 0.15) is 0 Å². The van der Waals surface area contributed by atoms with E-state index >= 15 is 0 Å². The van der Waals surface area contributed by atoms with Gasteiger partial charge in [0.2, 0.25) is 0 Å². The number of benzene rings is 2. The summed E-state index contributed by atoms with van der Waals surface area (Å²) in [6.07, 6.45) is 0. The van der Waals surface area contributed by atoms with Crippen molar-refractivity contribution >= 4 is 41.7 Å². The molecule has 1 heterocycles. The molecule has 0 saturated heterocycles. The van der Waals surface area contributed by atoms with Crippen LogP contribution >= 0.6 is 0 Å². The maximum absolute atomic E-state index is 12.4. The number of hydrogen-bond acceptors (Lipinski definition) is 4. The van der Waals surface area contributed by atoms with Crippen LogP contribution in [-0.2, 0) is 10.0 Å². The monoisotopic (exact) mass is 353 g/mol. The molecule has 0 spiro atoms. The summed E-state index contributed by atoms with van der Waals surface area (Å²) < 4.78 is 36.0. The number of hydrogen-bond donors (Lipinski definition) is 1. The standard InChI is InChI=1S/C13H11N3O2SSe/c1-9-5-2-3-8-12(9)19(17,18)14-10-6-4-7-11-13(10)16-20-15-11/h2-8,14H,1H3. The van der Waals surface area contributed by atoms with Crippen LogP contribution < -0.4 is 4.72 Å². The van der Waals surface area contributed by atoms with Crippen LogP contribution in [0.2, 0.25) is 0 Å². The van der Waals surface area contributed by atoms with Gasteiger partial charge in [-0.15, -0.1) is 0 Å². The number of nitrogens with zero attached hydrogens (tertiary/aromatic N) is 2. The topological polar surface area (TPSA) is 72.0 Å². The number of sulfonamides is 1. The number of anilines is 1. The fourth-order valence-corrected chi connectivity index (χ4v) is 4.41. The summed E-state index contributed by atoms with van der Waals surface area (Å²) >= 11 is -0.188. The van der Waals surface area contributed by atoms with Gasteiger partial charge >= 0.3 is 123 Å². The molecule has 5 nitrogen and oxygen atoms in total. The van der Waals surface area contributed by atoms with Crippen molar-refractivity contribution in [2.75, 3.05) is 4.72 Å². The Balaban J connectivity index is 2.06. The number of aryl methyl sites for hydroxylation is 1. The fourth-order valence-electron chi connectivity index (χ4n) is 1.95. The molecule has 7 heteroatoms. The van der Waals surface area contributed by atoms with E-state index in [0.717, 1.165) is 5.52 Å². The van der Waals surface area contributed by atoms with Crippen LogP contribution in [0.5, 0.6) is 0 Å². The van der Waals surface area contributed by atoms with Crippen molar-refractivity contribution in [2.24, 2.45) is 0 Å². The molecule has 0 saturated carbocycles. The van der Waals surface area contributed by atoms with Crippen LogP contribution in [0.25, 0.3) is 11.0 Å². The molecule has 3 aromatic rings. The molecule has 20 heavy (non-hydrogen) atoms. The van der Waals surface area contributed by atoms with E-state index in [1.54, 1.807) is 37.3 Å². The Morgan fingerprint density at radius 3 is 2.65 bits per heavy atom. The first-order valence-corrected chi connectivity index (χ1v) is 8.89. The summed E-state index contributed by atoms with van der Waals surface area (Å²) in [5.74, 6) is 0. The Bertz CT molecular complexity index is 874. The second-order valence-corrected chi connectivity index (χ2v) is 7.07. The zero-order valence-corrected chi connectivity index (χ0v) is 13.1. The summed E-state index contributed by atoms with van der Waals surface area (Å²) in [7, 11) is -3.61. The number of aromatic nitrogens is 2. The third-order valence-corrected chi connectivity index (χ3v) is 5.58. The molecular weight excluding hydrogens is 341 g/mol. The molecule has 0 aliphatic rings. The Labute approximate surface area is 122 Å². The summed E-state index contributed by atoms with van der Waals surface area (Å²) in [6, 6.07) is 12.2. The number of fused-ring (bicyclic) bond motifs is 1. The molecule has 1 N–H and O–H groups in total. The molecule has 0 bridgehead atoms. The Hall–Kier alpha value is -1.69. The van der Waals surface area contributed by atoms with Crippen molar-refractivity contribution < 1.29 is 8.42 Å². The zero-order valence-electron chi connectivity index (χ0n) is 10.6. The first-order valence-electron chi connectivity index (χ1n) is 5.88. The number of rotatable bonds is 3. The molecule has 0 aliphatic heterocycles. The molecule has 102 valence electrons. The van der Waals surface area contributed by atoms with Gasteiger partial charge in [-0.1, -0.05) is 0 Å². The minimum atomic E-state index is -3.61. The van der Waals surface area contributed by atoms with Crippen LogP contribution in [0.3, 0.4) is 0 Å². The van der Waals surface area contributed by atoms with E-state index in [-0.39, 0.29) is 19.9 Å². The van der Waals surface area contributed by atoms with Gasteiger partial charge in [-0.05, 0) is 0 Å². The van der Waals surface area contributed by atoms with Gasteiger partial charge < -0.3 is 0 Å². The second kappa shape index (κ2) is 5.01. The van der Waals surface area contributed by atoms with E-state index in [1.807, 2.05) is 12.1 Å². The fraction of sp³-hybridized carbons (Fsp3) is 0.0769. The average Bonchev–Trinajstić information content (AvgIpc) is 2.88. The summed E-state index contributed by atoms with van der Waals surface area (Å²) in [6.45, 7) is 1.77. The predicted octanol–water partition coefficient (Wildman–Crippen LogP) is 1.80. The maximum atomic E-state index is 12.4. The molecular formula is C13H11N3O2SSe. The van der Waals surface area contributed by atoms with Crippen LogP contribution in [-0.4, -0.2) is 31.3 Å². The van der Waals surface area contributed by atoms with Gasteiger partial charge in [0.25, 0.3) is 0 Å². The van der Waals surface area contributed by atoms with E-state index in [2.05, 4.69) is 12.7 Å². The van der Waals surface area contributed by atoms with Gasteiger partial charge in [-0.25, -0.2) is 0 Å². The first-order chi connectivity index (χ1) is 9.58. The molecule has 1 aromatic heterocycles. The van der Waals surface area contributed by atoms with Crippen molar-refractivity contribution in [1.29, 1.82) is 0 Å². The quantitative estimate of drug-likeness (QED) is 0.730. The predicted molar refractivity (Wildman–Crippen MR) is 78.5 cm³/mol. The molecule has 0 amide bonds. The third kappa shape index (κ3) is 2.35. The Morgan fingerprint density at radius 1 is 1.05 bits per heavy atom. The molecule has 0 unspecified atom stereocenters.